The van der Waals surface area contributed by atoms with Crippen molar-refractivity contribution in [3.63, 3.8) is 0 Å². The molecule has 4 aromatic rings. The minimum atomic E-state index is -0.107. The number of carbonyl (C=O) groups is 1. The third-order valence-corrected chi connectivity index (χ3v) is 7.05. The van der Waals surface area contributed by atoms with Crippen LogP contribution in [0.5, 0.6) is 0 Å². The molecule has 0 saturated carbocycles. The molecule has 40 heavy (non-hydrogen) atoms. The number of imidazole rings is 2. The summed E-state index contributed by atoms with van der Waals surface area (Å²) in [5.74, 6) is 1.77. The van der Waals surface area contributed by atoms with E-state index in [2.05, 4.69) is 68.0 Å². The van der Waals surface area contributed by atoms with E-state index in [-0.39, 0.29) is 11.9 Å². The summed E-state index contributed by atoms with van der Waals surface area (Å²) in [6, 6.07) is 16.2. The predicted octanol–water partition coefficient (Wildman–Crippen LogP) is 6.55. The second-order valence-electron chi connectivity index (χ2n) is 10.3. The van der Waals surface area contributed by atoms with Crippen LogP contribution in [0.15, 0.2) is 73.3 Å². The van der Waals surface area contributed by atoms with Crippen molar-refractivity contribution in [2.45, 2.75) is 72.1 Å². The van der Waals surface area contributed by atoms with E-state index in [1.807, 2.05) is 48.8 Å². The van der Waals surface area contributed by atoms with E-state index in [1.165, 1.54) is 5.56 Å². The van der Waals surface area contributed by atoms with Gasteiger partial charge in [0.25, 0.3) is 5.91 Å². The van der Waals surface area contributed by atoms with Gasteiger partial charge in [0.2, 0.25) is 0 Å². The Kier molecular flexibility index (Phi) is 11.1. The lowest BCUT2D eigenvalue weighted by Crippen LogP contribution is -2.29. The Balaban J connectivity index is 1.40. The molecule has 4 rings (SSSR count). The first-order valence-electron chi connectivity index (χ1n) is 14.5. The highest BCUT2D eigenvalue weighted by Crippen LogP contribution is 2.27. The van der Waals surface area contributed by atoms with E-state index in [1.54, 1.807) is 12.4 Å². The zero-order chi connectivity index (χ0) is 28.2. The van der Waals surface area contributed by atoms with Crippen LogP contribution < -0.4 is 5.32 Å². The molecule has 0 bridgehead atoms. The Bertz CT molecular complexity index is 1250. The number of nitrogens with zero attached hydrogens (tertiary/aromatic N) is 4. The van der Waals surface area contributed by atoms with Crippen LogP contribution in [0.1, 0.15) is 85.6 Å². The van der Waals surface area contributed by atoms with Crippen LogP contribution >= 0.6 is 0 Å². The SMILES string of the molecule is CCCC(c1ncc[nH]1)N(Cc1ccc(C(=O)Nc2ccc(CN(CCC)CCC)cc2)cc1)Cc1ncc[nH]1. The summed E-state index contributed by atoms with van der Waals surface area (Å²) in [7, 11) is 0. The highest BCUT2D eigenvalue weighted by molar-refractivity contribution is 6.04. The molecule has 0 aliphatic rings. The Morgan fingerprint density at radius 2 is 1.45 bits per heavy atom. The van der Waals surface area contributed by atoms with Crippen molar-refractivity contribution in [2.75, 3.05) is 18.4 Å². The van der Waals surface area contributed by atoms with E-state index >= 15 is 0 Å². The van der Waals surface area contributed by atoms with Gasteiger partial charge in [-0.1, -0.05) is 51.5 Å². The number of nitrogens with one attached hydrogen (secondary N) is 3. The molecule has 0 saturated heterocycles. The van der Waals surface area contributed by atoms with Gasteiger partial charge in [-0.25, -0.2) is 9.97 Å². The monoisotopic (exact) mass is 541 g/mol. The van der Waals surface area contributed by atoms with Crippen LogP contribution in [0.3, 0.4) is 0 Å². The number of rotatable bonds is 16. The number of anilines is 1. The molecule has 3 N–H and O–H groups in total. The zero-order valence-electron chi connectivity index (χ0n) is 24.1. The Labute approximate surface area is 238 Å². The van der Waals surface area contributed by atoms with Gasteiger partial charge in [-0.15, -0.1) is 0 Å². The molecule has 0 aliphatic heterocycles. The number of H-pyrrole nitrogens is 2. The Morgan fingerprint density at radius 3 is 2.05 bits per heavy atom. The van der Waals surface area contributed by atoms with Gasteiger partial charge in [0.05, 0.1) is 12.6 Å². The molecular formula is C32H43N7O. The number of aromatic amines is 2. The average Bonchev–Trinajstić information content (AvgIpc) is 3.68. The molecule has 2 aromatic heterocycles. The summed E-state index contributed by atoms with van der Waals surface area (Å²) in [4.78, 5) is 33.4. The maximum Gasteiger partial charge on any atom is 0.255 e. The van der Waals surface area contributed by atoms with E-state index in [9.17, 15) is 4.79 Å². The molecule has 1 amide bonds. The number of hydrogen-bond acceptors (Lipinski definition) is 5. The first-order chi connectivity index (χ1) is 19.6. The standard InChI is InChI=1S/C32H43N7O/c1-4-7-29(31-35-18-19-36-31)39(24-30-33-16-17-34-30)23-26-8-12-27(13-9-26)32(40)37-28-14-10-25(11-15-28)22-38(20-5-2)21-6-3/h8-19,29H,4-7,20-24H2,1-3H3,(H,33,34)(H,35,36)(H,37,40). The molecule has 8 nitrogen and oxygen atoms in total. The predicted molar refractivity (Wildman–Crippen MR) is 161 cm³/mol. The van der Waals surface area contributed by atoms with Gasteiger partial charge < -0.3 is 15.3 Å². The molecule has 0 fully saturated rings. The molecule has 0 aliphatic carbocycles. The van der Waals surface area contributed by atoms with Crippen molar-refractivity contribution in [1.29, 1.82) is 0 Å². The van der Waals surface area contributed by atoms with Crippen LogP contribution in [0.25, 0.3) is 0 Å². The maximum atomic E-state index is 13.0. The number of hydrogen-bond donors (Lipinski definition) is 3. The van der Waals surface area contributed by atoms with Crippen molar-refractivity contribution < 1.29 is 4.79 Å². The van der Waals surface area contributed by atoms with E-state index in [0.29, 0.717) is 18.7 Å². The molecule has 8 heteroatoms. The zero-order valence-corrected chi connectivity index (χ0v) is 24.1. The summed E-state index contributed by atoms with van der Waals surface area (Å²) in [5, 5.41) is 3.04. The van der Waals surface area contributed by atoms with E-state index < -0.39 is 0 Å². The molecular weight excluding hydrogens is 498 g/mol. The Morgan fingerprint density at radius 1 is 0.800 bits per heavy atom. The normalized spacial score (nSPS) is 12.2. The fraction of sp³-hybridized carbons (Fsp3) is 0.406. The summed E-state index contributed by atoms with van der Waals surface area (Å²) in [5.41, 5.74) is 3.84. The molecule has 1 atom stereocenters. The molecule has 212 valence electrons. The quantitative estimate of drug-likeness (QED) is 0.150. The van der Waals surface area contributed by atoms with Crippen molar-refractivity contribution in [3.8, 4) is 0 Å². The van der Waals surface area contributed by atoms with Gasteiger partial charge in [0.15, 0.2) is 0 Å². The topological polar surface area (TPSA) is 92.9 Å². The number of carbonyl (C=O) groups excluding carboxylic acids is 1. The van der Waals surface area contributed by atoms with Crippen LogP contribution in [0, 0.1) is 0 Å². The van der Waals surface area contributed by atoms with Crippen LogP contribution in [-0.2, 0) is 19.6 Å². The number of benzene rings is 2. The minimum absolute atomic E-state index is 0.107. The lowest BCUT2D eigenvalue weighted by atomic mass is 10.1. The van der Waals surface area contributed by atoms with E-state index in [4.69, 9.17) is 0 Å². The van der Waals surface area contributed by atoms with Crippen molar-refractivity contribution >= 4 is 11.6 Å². The highest BCUT2D eigenvalue weighted by atomic mass is 16.1. The van der Waals surface area contributed by atoms with E-state index in [0.717, 1.165) is 68.2 Å². The summed E-state index contributed by atoms with van der Waals surface area (Å²) in [6.07, 6.45) is 11.6. The fourth-order valence-corrected chi connectivity index (χ4v) is 5.13. The highest BCUT2D eigenvalue weighted by Gasteiger charge is 2.23. The second-order valence-corrected chi connectivity index (χ2v) is 10.3. The van der Waals surface area contributed by atoms with Gasteiger partial charge in [-0.3, -0.25) is 14.6 Å². The van der Waals surface area contributed by atoms with Crippen molar-refractivity contribution in [3.05, 3.63) is 102 Å². The third-order valence-electron chi connectivity index (χ3n) is 7.05. The fourth-order valence-electron chi connectivity index (χ4n) is 5.13. The smallest absolute Gasteiger partial charge is 0.255 e. The second kappa shape index (κ2) is 15.1. The summed E-state index contributed by atoms with van der Waals surface area (Å²) >= 11 is 0. The number of aromatic nitrogens is 4. The molecule has 1 unspecified atom stereocenters. The molecule has 0 spiro atoms. The molecule has 0 radical (unpaired) electrons. The van der Waals surface area contributed by atoms with Crippen LogP contribution in [-0.4, -0.2) is 48.7 Å². The van der Waals surface area contributed by atoms with Crippen LogP contribution in [0.4, 0.5) is 5.69 Å². The van der Waals surface area contributed by atoms with Gasteiger partial charge in [-0.2, -0.15) is 0 Å². The molecule has 2 heterocycles. The van der Waals surface area contributed by atoms with Crippen molar-refractivity contribution in [2.24, 2.45) is 0 Å². The summed E-state index contributed by atoms with van der Waals surface area (Å²) < 4.78 is 0. The molecule has 2 aromatic carbocycles. The third kappa shape index (κ3) is 8.37. The van der Waals surface area contributed by atoms with Gasteiger partial charge in [0.1, 0.15) is 11.6 Å². The van der Waals surface area contributed by atoms with Crippen molar-refractivity contribution in [1.82, 2.24) is 29.7 Å². The largest absolute Gasteiger partial charge is 0.348 e. The first-order valence-corrected chi connectivity index (χ1v) is 14.5. The maximum absolute atomic E-state index is 13.0. The lowest BCUT2D eigenvalue weighted by Gasteiger charge is -2.30. The van der Waals surface area contributed by atoms with Gasteiger partial charge in [-0.05, 0) is 67.7 Å². The Hall–Kier alpha value is -3.75. The lowest BCUT2D eigenvalue weighted by molar-refractivity contribution is 0.102. The van der Waals surface area contributed by atoms with Gasteiger partial charge >= 0.3 is 0 Å². The number of amides is 1. The average molecular weight is 542 g/mol. The minimum Gasteiger partial charge on any atom is -0.348 e. The summed E-state index contributed by atoms with van der Waals surface area (Å²) in [6.45, 7) is 11.1. The van der Waals surface area contributed by atoms with Crippen LogP contribution in [0.2, 0.25) is 0 Å². The van der Waals surface area contributed by atoms with Gasteiger partial charge in [0, 0.05) is 49.1 Å². The first kappa shape index (κ1) is 29.2.